The first-order chi connectivity index (χ1) is 21.7. The van der Waals surface area contributed by atoms with Gasteiger partial charge in [-0.15, -0.1) is 0 Å². The molecular weight excluding hydrogens is 588 g/mol. The van der Waals surface area contributed by atoms with Gasteiger partial charge < -0.3 is 19.5 Å². The zero-order valence-corrected chi connectivity index (χ0v) is 27.3. The third kappa shape index (κ3) is 8.61. The first-order valence-electron chi connectivity index (χ1n) is 15.8. The normalized spacial score (nSPS) is 16.5. The minimum Gasteiger partial charge on any atom is -0.491 e. The van der Waals surface area contributed by atoms with Gasteiger partial charge in [-0.3, -0.25) is 9.69 Å². The van der Waals surface area contributed by atoms with Crippen LogP contribution >= 0.6 is 0 Å². The summed E-state index contributed by atoms with van der Waals surface area (Å²) in [6.07, 6.45) is 4.91. The maximum atomic E-state index is 13.4. The van der Waals surface area contributed by atoms with Gasteiger partial charge in [0.15, 0.2) is 9.84 Å². The molecule has 0 saturated carbocycles. The predicted molar refractivity (Wildman–Crippen MR) is 178 cm³/mol. The number of nitrogens with zero attached hydrogens (tertiary/aromatic N) is 1. The van der Waals surface area contributed by atoms with E-state index >= 15 is 0 Å². The molecule has 0 aromatic heterocycles. The number of sulfone groups is 1. The minimum absolute atomic E-state index is 0.122. The molecule has 5 rings (SSSR count). The van der Waals surface area contributed by atoms with Crippen molar-refractivity contribution in [1.29, 1.82) is 0 Å². The van der Waals surface area contributed by atoms with E-state index in [1.165, 1.54) is 5.56 Å². The molecule has 3 aromatic rings. The molecule has 2 aliphatic rings. The smallest absolute Gasteiger partial charge is 0.251 e. The number of fused-ring (bicyclic) bond motifs is 1. The van der Waals surface area contributed by atoms with Gasteiger partial charge in [0.2, 0.25) is 0 Å². The molecule has 2 heterocycles. The Morgan fingerprint density at radius 1 is 0.978 bits per heavy atom. The molecule has 0 bridgehead atoms. The van der Waals surface area contributed by atoms with Crippen LogP contribution in [0, 0.1) is 6.92 Å². The number of hydrogen-bond acceptors (Lipinski definition) is 7. The number of ether oxygens (including phenoxy) is 3. The number of amides is 1. The fourth-order valence-corrected chi connectivity index (χ4v) is 7.27. The fraction of sp³-hybridized carbons (Fsp3) is 0.417. The van der Waals surface area contributed by atoms with Crippen LogP contribution in [0.1, 0.15) is 49.3 Å². The lowest BCUT2D eigenvalue weighted by atomic mass is 9.99. The number of rotatable bonds is 12. The average Bonchev–Trinajstić information content (AvgIpc) is 3.18. The molecule has 0 radical (unpaired) electrons. The molecule has 0 unspecified atom stereocenters. The summed E-state index contributed by atoms with van der Waals surface area (Å²) in [5, 5.41) is 2.97. The molecule has 45 heavy (non-hydrogen) atoms. The first kappa shape index (κ1) is 32.9. The van der Waals surface area contributed by atoms with Gasteiger partial charge in [0.1, 0.15) is 12.4 Å². The Morgan fingerprint density at radius 2 is 1.71 bits per heavy atom. The summed E-state index contributed by atoms with van der Waals surface area (Å²) in [6.45, 7) is 8.23. The van der Waals surface area contributed by atoms with Gasteiger partial charge in [-0.25, -0.2) is 8.42 Å². The number of carbonyl (C=O) groups excluding carboxylic acids is 1. The highest BCUT2D eigenvalue weighted by Gasteiger charge is 2.25. The molecule has 9 heteroatoms. The van der Waals surface area contributed by atoms with Crippen LogP contribution in [0.2, 0.25) is 0 Å². The van der Waals surface area contributed by atoms with Crippen LogP contribution in [0.3, 0.4) is 0 Å². The lowest BCUT2D eigenvalue weighted by Crippen LogP contribution is -2.36. The minimum atomic E-state index is -3.55. The van der Waals surface area contributed by atoms with Crippen molar-refractivity contribution in [2.45, 2.75) is 57.0 Å². The Bertz CT molecular complexity index is 1610. The Balaban J connectivity index is 1.28. The third-order valence-corrected chi connectivity index (χ3v) is 10.2. The van der Waals surface area contributed by atoms with E-state index in [1.54, 1.807) is 12.1 Å². The number of anilines is 1. The second-order valence-electron chi connectivity index (χ2n) is 11.8. The maximum Gasteiger partial charge on any atom is 0.251 e. The summed E-state index contributed by atoms with van der Waals surface area (Å²) in [4.78, 5) is 16.0. The van der Waals surface area contributed by atoms with Crippen LogP contribution in [-0.4, -0.2) is 71.1 Å². The molecule has 240 valence electrons. The summed E-state index contributed by atoms with van der Waals surface area (Å²) in [6, 6.07) is 19.6. The van der Waals surface area contributed by atoms with Crippen molar-refractivity contribution in [2.24, 2.45) is 0 Å². The van der Waals surface area contributed by atoms with E-state index < -0.39 is 9.84 Å². The van der Waals surface area contributed by atoms with Crippen LogP contribution in [-0.2, 0) is 30.7 Å². The number of benzene rings is 3. The number of carbonyl (C=O) groups is 1. The zero-order valence-electron chi connectivity index (χ0n) is 26.5. The van der Waals surface area contributed by atoms with Gasteiger partial charge >= 0.3 is 0 Å². The average molecular weight is 633 g/mol. The van der Waals surface area contributed by atoms with Crippen molar-refractivity contribution in [2.75, 3.05) is 51.2 Å². The monoisotopic (exact) mass is 632 g/mol. The highest BCUT2D eigenvalue weighted by Crippen LogP contribution is 2.33. The Hall–Kier alpha value is -3.50. The molecule has 1 amide bonds. The van der Waals surface area contributed by atoms with Crippen molar-refractivity contribution in [3.8, 4) is 16.9 Å². The standard InChI is InChI=1S/C36H44N2O6S/c1-4-16-42-19-20-44-34-11-7-28(22-26(34)2)29-8-12-35-31(23-29)24-30(15-21-45(35,40)41)36(39)37-32-9-5-27(6-10-32)25-38(3)33-13-17-43-18-14-33/h5-12,22-24,33H,4,13-21,25H2,1-3H3,(H,37,39). The van der Waals surface area contributed by atoms with Crippen LogP contribution in [0.4, 0.5) is 5.69 Å². The second kappa shape index (κ2) is 15.2. The lowest BCUT2D eigenvalue weighted by Gasteiger charge is -2.31. The molecule has 2 aliphatic heterocycles. The highest BCUT2D eigenvalue weighted by molar-refractivity contribution is 7.91. The van der Waals surface area contributed by atoms with Gasteiger partial charge in [0, 0.05) is 43.7 Å². The number of hydrogen-bond donors (Lipinski definition) is 1. The highest BCUT2D eigenvalue weighted by atomic mass is 32.2. The summed E-state index contributed by atoms with van der Waals surface area (Å²) in [5.74, 6) is 0.369. The third-order valence-electron chi connectivity index (χ3n) is 8.41. The predicted octanol–water partition coefficient (Wildman–Crippen LogP) is 6.28. The molecular formula is C36H44N2O6S. The molecule has 1 N–H and O–H groups in total. The summed E-state index contributed by atoms with van der Waals surface area (Å²) < 4.78 is 43.2. The molecule has 1 saturated heterocycles. The van der Waals surface area contributed by atoms with E-state index in [1.807, 2.05) is 61.5 Å². The fourth-order valence-electron chi connectivity index (χ4n) is 5.81. The van der Waals surface area contributed by atoms with Crippen molar-refractivity contribution >= 4 is 27.5 Å². The number of nitrogens with one attached hydrogen (secondary N) is 1. The first-order valence-corrected chi connectivity index (χ1v) is 17.5. The van der Waals surface area contributed by atoms with Gasteiger partial charge in [0.05, 0.1) is 17.3 Å². The van der Waals surface area contributed by atoms with Crippen LogP contribution < -0.4 is 10.1 Å². The molecule has 8 nitrogen and oxygen atoms in total. The van der Waals surface area contributed by atoms with E-state index in [4.69, 9.17) is 14.2 Å². The topological polar surface area (TPSA) is 94.2 Å². The van der Waals surface area contributed by atoms with E-state index in [0.29, 0.717) is 36.1 Å². The quantitative estimate of drug-likeness (QED) is 0.235. The lowest BCUT2D eigenvalue weighted by molar-refractivity contribution is -0.112. The molecule has 0 spiro atoms. The van der Waals surface area contributed by atoms with Gasteiger partial charge in [0.25, 0.3) is 5.91 Å². The molecule has 1 fully saturated rings. The van der Waals surface area contributed by atoms with Crippen LogP contribution in [0.15, 0.2) is 71.1 Å². The summed E-state index contributed by atoms with van der Waals surface area (Å²) in [5.41, 5.74) is 5.57. The Labute approximate surface area is 267 Å². The van der Waals surface area contributed by atoms with E-state index in [9.17, 15) is 13.2 Å². The molecule has 0 aliphatic carbocycles. The van der Waals surface area contributed by atoms with Gasteiger partial charge in [-0.05, 0) is 110 Å². The Kier molecular flexibility index (Phi) is 11.1. The van der Waals surface area contributed by atoms with Crippen molar-refractivity contribution in [3.05, 3.63) is 82.9 Å². The van der Waals surface area contributed by atoms with Gasteiger partial charge in [-0.2, -0.15) is 0 Å². The van der Waals surface area contributed by atoms with Crippen molar-refractivity contribution in [1.82, 2.24) is 4.90 Å². The molecule has 3 aromatic carbocycles. The maximum absolute atomic E-state index is 13.4. The van der Waals surface area contributed by atoms with E-state index in [0.717, 1.165) is 68.1 Å². The summed E-state index contributed by atoms with van der Waals surface area (Å²) >= 11 is 0. The van der Waals surface area contributed by atoms with Crippen LogP contribution in [0.25, 0.3) is 17.2 Å². The van der Waals surface area contributed by atoms with E-state index in [-0.39, 0.29) is 23.0 Å². The molecule has 0 atom stereocenters. The van der Waals surface area contributed by atoms with Crippen molar-refractivity contribution < 1.29 is 27.4 Å². The largest absolute Gasteiger partial charge is 0.491 e. The van der Waals surface area contributed by atoms with Crippen LogP contribution in [0.5, 0.6) is 5.75 Å². The SMILES string of the molecule is CCCOCCOc1ccc(-c2ccc3c(c2)C=C(C(=O)Nc2ccc(CN(C)C4CCOCC4)cc2)CCS3(=O)=O)cc1C. The number of aryl methyl sites for hydroxylation is 1. The summed E-state index contributed by atoms with van der Waals surface area (Å²) in [7, 11) is -1.41. The Morgan fingerprint density at radius 3 is 2.44 bits per heavy atom. The van der Waals surface area contributed by atoms with Gasteiger partial charge in [-0.1, -0.05) is 31.2 Å². The van der Waals surface area contributed by atoms with Crippen molar-refractivity contribution in [3.63, 3.8) is 0 Å². The second-order valence-corrected chi connectivity index (χ2v) is 13.9. The van der Waals surface area contributed by atoms with E-state index in [2.05, 4.69) is 24.2 Å². The zero-order chi connectivity index (χ0) is 31.8.